The van der Waals surface area contributed by atoms with Gasteiger partial charge < -0.3 is 5.32 Å². The molecule has 0 aliphatic rings. The van der Waals surface area contributed by atoms with Gasteiger partial charge in [-0.15, -0.1) is 0 Å². The summed E-state index contributed by atoms with van der Waals surface area (Å²) in [6, 6.07) is 8.00. The summed E-state index contributed by atoms with van der Waals surface area (Å²) >= 11 is 6.21. The lowest BCUT2D eigenvalue weighted by Crippen LogP contribution is -2.15. The number of nitrogens with zero attached hydrogens (tertiary/aromatic N) is 1. The molecule has 0 unspecified atom stereocenters. The number of aromatic nitrogens is 1. The van der Waals surface area contributed by atoms with Gasteiger partial charge in [-0.1, -0.05) is 56.7 Å². The molecule has 114 valence electrons. The first-order valence-electron chi connectivity index (χ1n) is 8.05. The number of pyridine rings is 1. The third kappa shape index (κ3) is 4.98. The van der Waals surface area contributed by atoms with Crippen molar-refractivity contribution < 1.29 is 0 Å². The van der Waals surface area contributed by atoms with Crippen molar-refractivity contribution in [1.82, 2.24) is 10.3 Å². The zero-order valence-electron chi connectivity index (χ0n) is 12.9. The van der Waals surface area contributed by atoms with E-state index in [1.165, 1.54) is 44.1 Å². The highest BCUT2D eigenvalue weighted by Crippen LogP contribution is 2.24. The predicted molar refractivity (Wildman–Crippen MR) is 91.8 cm³/mol. The number of nitrogens with one attached hydrogen (secondary N) is 1. The molecule has 2 aromatic rings. The summed E-state index contributed by atoms with van der Waals surface area (Å²) < 4.78 is 0. The van der Waals surface area contributed by atoms with E-state index in [0.29, 0.717) is 0 Å². The zero-order valence-corrected chi connectivity index (χ0v) is 13.6. The molecule has 0 fully saturated rings. The molecule has 1 heterocycles. The maximum atomic E-state index is 6.21. The first kappa shape index (κ1) is 16.3. The summed E-state index contributed by atoms with van der Waals surface area (Å²) in [5, 5.41) is 5.34. The van der Waals surface area contributed by atoms with Crippen LogP contribution in [0.5, 0.6) is 0 Å². The van der Waals surface area contributed by atoms with E-state index < -0.39 is 0 Å². The van der Waals surface area contributed by atoms with Crippen LogP contribution in [0.15, 0.2) is 30.5 Å². The van der Waals surface area contributed by atoms with Crippen molar-refractivity contribution >= 4 is 22.5 Å². The molecule has 1 aromatic carbocycles. The van der Waals surface area contributed by atoms with E-state index in [4.69, 9.17) is 11.6 Å². The van der Waals surface area contributed by atoms with Crippen LogP contribution in [0.3, 0.4) is 0 Å². The van der Waals surface area contributed by atoms with Crippen LogP contribution in [0.2, 0.25) is 5.02 Å². The fourth-order valence-electron chi connectivity index (χ4n) is 2.59. The van der Waals surface area contributed by atoms with Crippen molar-refractivity contribution in [2.24, 2.45) is 0 Å². The lowest BCUT2D eigenvalue weighted by atomic mass is 10.1. The number of unbranched alkanes of at least 4 members (excludes halogenated alkanes) is 5. The molecule has 0 aliphatic heterocycles. The van der Waals surface area contributed by atoms with E-state index in [9.17, 15) is 0 Å². The number of halogens is 1. The smallest absolute Gasteiger partial charge is 0.0761 e. The van der Waals surface area contributed by atoms with Crippen LogP contribution in [-0.2, 0) is 6.54 Å². The minimum atomic E-state index is 0.776. The highest BCUT2D eigenvalue weighted by Gasteiger charge is 2.04. The Bertz CT molecular complexity index is 554. The fraction of sp³-hybridized carbons (Fsp3) is 0.500. The van der Waals surface area contributed by atoms with Gasteiger partial charge in [0, 0.05) is 23.2 Å². The monoisotopic (exact) mass is 304 g/mol. The minimum Gasteiger partial charge on any atom is -0.313 e. The molecule has 2 nitrogen and oxygen atoms in total. The quantitative estimate of drug-likeness (QED) is 0.633. The average molecular weight is 305 g/mol. The van der Waals surface area contributed by atoms with Crippen LogP contribution in [0, 0.1) is 0 Å². The van der Waals surface area contributed by atoms with E-state index in [0.717, 1.165) is 29.0 Å². The first-order valence-corrected chi connectivity index (χ1v) is 8.43. The fourth-order valence-corrected chi connectivity index (χ4v) is 2.81. The van der Waals surface area contributed by atoms with Crippen molar-refractivity contribution in [3.63, 3.8) is 0 Å². The van der Waals surface area contributed by atoms with E-state index >= 15 is 0 Å². The Morgan fingerprint density at radius 2 is 1.86 bits per heavy atom. The molecule has 0 aliphatic carbocycles. The van der Waals surface area contributed by atoms with Gasteiger partial charge in [0.15, 0.2) is 0 Å². The van der Waals surface area contributed by atoms with Gasteiger partial charge in [-0.2, -0.15) is 0 Å². The highest BCUT2D eigenvalue weighted by molar-refractivity contribution is 6.35. The molecule has 3 heteroatoms. The van der Waals surface area contributed by atoms with Gasteiger partial charge in [-0.25, -0.2) is 0 Å². The molecule has 1 N–H and O–H groups in total. The molecule has 2 rings (SSSR count). The molecule has 21 heavy (non-hydrogen) atoms. The molecular weight excluding hydrogens is 280 g/mol. The van der Waals surface area contributed by atoms with Crippen LogP contribution in [0.1, 0.15) is 51.0 Å². The summed E-state index contributed by atoms with van der Waals surface area (Å²) in [5.41, 5.74) is 2.24. The Hall–Kier alpha value is -1.12. The topological polar surface area (TPSA) is 24.9 Å². The lowest BCUT2D eigenvalue weighted by Gasteiger charge is -2.08. The summed E-state index contributed by atoms with van der Waals surface area (Å²) in [6.45, 7) is 4.19. The van der Waals surface area contributed by atoms with E-state index in [-0.39, 0.29) is 0 Å². The Morgan fingerprint density at radius 1 is 1.05 bits per heavy atom. The van der Waals surface area contributed by atoms with Crippen molar-refractivity contribution in [1.29, 1.82) is 0 Å². The van der Waals surface area contributed by atoms with Gasteiger partial charge in [0.25, 0.3) is 0 Å². The van der Waals surface area contributed by atoms with Crippen molar-refractivity contribution in [3.8, 4) is 0 Å². The van der Waals surface area contributed by atoms with E-state index in [1.54, 1.807) is 0 Å². The van der Waals surface area contributed by atoms with Gasteiger partial charge in [-0.3, -0.25) is 4.98 Å². The lowest BCUT2D eigenvalue weighted by molar-refractivity contribution is 0.572. The third-order valence-electron chi connectivity index (χ3n) is 3.82. The van der Waals surface area contributed by atoms with E-state index in [1.807, 2.05) is 24.4 Å². The van der Waals surface area contributed by atoms with Crippen LogP contribution in [0.4, 0.5) is 0 Å². The molecule has 0 amide bonds. The highest BCUT2D eigenvalue weighted by atomic mass is 35.5. The average Bonchev–Trinajstić information content (AvgIpc) is 2.52. The number of hydrogen-bond donors (Lipinski definition) is 1. The molecule has 0 atom stereocenters. The number of benzene rings is 1. The van der Waals surface area contributed by atoms with Gasteiger partial charge in [0.1, 0.15) is 0 Å². The summed E-state index contributed by atoms with van der Waals surface area (Å²) in [5.74, 6) is 0. The predicted octanol–water partition coefficient (Wildman–Crippen LogP) is 5.34. The second kappa shape index (κ2) is 9.01. The summed E-state index contributed by atoms with van der Waals surface area (Å²) in [7, 11) is 0. The van der Waals surface area contributed by atoms with Crippen molar-refractivity contribution in [2.75, 3.05) is 6.54 Å². The van der Waals surface area contributed by atoms with E-state index in [2.05, 4.69) is 23.3 Å². The maximum Gasteiger partial charge on any atom is 0.0761 e. The standard InChI is InChI=1S/C18H25ClN2/c1-2-3-4-5-6-7-12-20-14-15-10-11-17(19)16-9-8-13-21-18(15)16/h8-11,13,20H,2-7,12,14H2,1H3. The minimum absolute atomic E-state index is 0.776. The van der Waals surface area contributed by atoms with Gasteiger partial charge >= 0.3 is 0 Å². The largest absolute Gasteiger partial charge is 0.313 e. The number of rotatable bonds is 9. The first-order chi connectivity index (χ1) is 10.3. The van der Waals surface area contributed by atoms with Gasteiger partial charge in [0.2, 0.25) is 0 Å². The van der Waals surface area contributed by atoms with Crippen LogP contribution < -0.4 is 5.32 Å². The second-order valence-electron chi connectivity index (χ2n) is 5.55. The van der Waals surface area contributed by atoms with Gasteiger partial charge in [0.05, 0.1) is 5.52 Å². The normalized spacial score (nSPS) is 11.1. The zero-order chi connectivity index (χ0) is 14.9. The van der Waals surface area contributed by atoms with Gasteiger partial charge in [-0.05, 0) is 36.7 Å². The number of hydrogen-bond acceptors (Lipinski definition) is 2. The SMILES string of the molecule is CCCCCCCCNCc1ccc(Cl)c2cccnc12. The Labute approximate surface area is 132 Å². The molecule has 0 saturated heterocycles. The molecule has 0 bridgehead atoms. The Morgan fingerprint density at radius 3 is 2.71 bits per heavy atom. The maximum absolute atomic E-state index is 6.21. The van der Waals surface area contributed by atoms with Crippen LogP contribution in [0.25, 0.3) is 10.9 Å². The number of fused-ring (bicyclic) bond motifs is 1. The van der Waals surface area contributed by atoms with Crippen molar-refractivity contribution in [2.45, 2.75) is 52.0 Å². The third-order valence-corrected chi connectivity index (χ3v) is 4.15. The van der Waals surface area contributed by atoms with Crippen molar-refractivity contribution in [3.05, 3.63) is 41.0 Å². The second-order valence-corrected chi connectivity index (χ2v) is 5.96. The molecule has 0 spiro atoms. The molecule has 1 aromatic heterocycles. The molecular formula is C18H25ClN2. The summed E-state index contributed by atoms with van der Waals surface area (Å²) in [6.07, 6.45) is 9.83. The Kier molecular flexibility index (Phi) is 6.98. The molecule has 0 radical (unpaired) electrons. The summed E-state index contributed by atoms with van der Waals surface area (Å²) in [4.78, 5) is 4.47. The van der Waals surface area contributed by atoms with Crippen LogP contribution >= 0.6 is 11.6 Å². The molecule has 0 saturated carbocycles. The van der Waals surface area contributed by atoms with Crippen LogP contribution in [-0.4, -0.2) is 11.5 Å². The Balaban J connectivity index is 1.78.